The van der Waals surface area contributed by atoms with Crippen molar-refractivity contribution in [2.45, 2.75) is 0 Å². The molecule has 4 nitrogen and oxygen atoms in total. The molecule has 0 saturated heterocycles. The first-order valence-corrected chi connectivity index (χ1v) is 2.00. The number of rotatable bonds is 0. The Morgan fingerprint density at radius 2 is 1.14 bits per heavy atom. The molecule has 7 heavy (non-hydrogen) atoms. The third kappa shape index (κ3) is 274. The van der Waals surface area contributed by atoms with E-state index in [1.807, 2.05) is 0 Å². The Labute approximate surface area is 59.2 Å². The van der Waals surface area contributed by atoms with Crippen molar-refractivity contribution in [3.63, 3.8) is 0 Å². The molecule has 0 saturated carbocycles. The monoisotopic (exact) mass is 182 g/mol. The van der Waals surface area contributed by atoms with Gasteiger partial charge in [-0.3, -0.25) is 8.42 Å². The van der Waals surface area contributed by atoms with Crippen LogP contribution in [0.5, 0.6) is 0 Å². The second kappa shape index (κ2) is 4.89. The number of hydrogen-bond donors (Lipinski definition) is 0. The summed E-state index contributed by atoms with van der Waals surface area (Å²) >= 11 is 0. The molecule has 0 amide bonds. The van der Waals surface area contributed by atoms with Crippen molar-refractivity contribution in [2.24, 2.45) is 0 Å². The van der Waals surface area contributed by atoms with E-state index in [4.69, 9.17) is 17.5 Å². The normalized spacial score (nSPS) is 8.29. The molecule has 0 fully saturated rings. The number of halogens is 1. The zero-order chi connectivity index (χ0) is 4.50. The van der Waals surface area contributed by atoms with Crippen molar-refractivity contribution in [1.29, 1.82) is 0 Å². The molecule has 0 aliphatic carbocycles. The summed E-state index contributed by atoms with van der Waals surface area (Å²) in [6.07, 6.45) is 0. The van der Waals surface area contributed by atoms with Crippen LogP contribution in [0.2, 0.25) is 0 Å². The maximum Gasteiger partial charge on any atom is 3.00 e. The van der Waals surface area contributed by atoms with Crippen molar-refractivity contribution in [1.82, 2.24) is 0 Å². The molecule has 0 spiro atoms. The summed E-state index contributed by atoms with van der Waals surface area (Å²) in [6.45, 7) is 0. The molecule has 0 aromatic carbocycles. The minimum Gasteiger partial charge on any atom is -1.00 e. The van der Waals surface area contributed by atoms with E-state index >= 15 is 0 Å². The second-order valence-corrected chi connectivity index (χ2v) is 1.22. The van der Waals surface area contributed by atoms with E-state index in [1.165, 1.54) is 0 Å². The van der Waals surface area contributed by atoms with E-state index in [9.17, 15) is 0 Å². The van der Waals surface area contributed by atoms with Gasteiger partial charge in [0.2, 0.25) is 0 Å². The Balaban J connectivity index is -0.0000000800. The Bertz CT molecular complexity index is 94.9. The van der Waals surface area contributed by atoms with Gasteiger partial charge in [-0.25, -0.2) is 0 Å². The molecule has 42 valence electrons. The average Bonchev–Trinajstić information content (AvgIpc) is 0.722. The van der Waals surface area contributed by atoms with Gasteiger partial charge in [-0.05, 0) is 0 Å². The third-order valence-electron chi connectivity index (χ3n) is 0. The fourth-order valence-corrected chi connectivity index (χ4v) is 0. The fourth-order valence-electron chi connectivity index (χ4n) is 0. The Morgan fingerprint density at radius 1 is 1.14 bits per heavy atom. The van der Waals surface area contributed by atoms with Gasteiger partial charge in [-0.2, -0.15) is 0 Å². The molecule has 0 aromatic rings. The van der Waals surface area contributed by atoms with E-state index in [0.717, 1.165) is 0 Å². The molecule has 0 rings (SSSR count). The van der Waals surface area contributed by atoms with Crippen LogP contribution in [0.25, 0.3) is 0 Å². The van der Waals surface area contributed by atoms with Crippen molar-refractivity contribution in [3.8, 4) is 0 Å². The zero-order valence-electron chi connectivity index (χ0n) is 2.87. The van der Waals surface area contributed by atoms with Gasteiger partial charge in [-0.1, -0.05) is 0 Å². The molecule has 0 heterocycles. The molecule has 0 bridgehead atoms. The molecule has 7 heteroatoms. The molecule has 0 aliphatic rings. The Morgan fingerprint density at radius 3 is 1.14 bits per heavy atom. The van der Waals surface area contributed by atoms with Crippen LogP contribution in [0.3, 0.4) is 0 Å². The van der Waals surface area contributed by atoms with E-state index in [2.05, 4.69) is 0 Å². The topological polar surface area (TPSA) is 80.3 Å². The van der Waals surface area contributed by atoms with Crippen molar-refractivity contribution >= 4 is 10.4 Å². The molecule has 0 N–H and O–H groups in total. The Hall–Kier alpha value is 0.744. The van der Waals surface area contributed by atoms with Gasteiger partial charge < -0.3 is 21.5 Å². The summed E-state index contributed by atoms with van der Waals surface area (Å²) in [6, 6.07) is 0. The minimum atomic E-state index is -5.17. The van der Waals surface area contributed by atoms with Gasteiger partial charge in [0.15, 0.2) is 0 Å². The van der Waals surface area contributed by atoms with Crippen LogP contribution in [0, 0.1) is 0 Å². The van der Waals surface area contributed by atoms with Crippen LogP contribution in [-0.2, 0) is 29.0 Å². The predicted octanol–water partition coefficient (Wildman–Crippen LogP) is -4.34. The van der Waals surface area contributed by atoms with E-state index in [1.54, 1.807) is 0 Å². The molecular weight excluding hydrogens is 182 g/mol. The summed E-state index contributed by atoms with van der Waals surface area (Å²) in [7, 11) is -5.17. The second-order valence-electron chi connectivity index (χ2n) is 0.408. The predicted molar refractivity (Wildman–Crippen MR) is 10.5 cm³/mol. The van der Waals surface area contributed by atoms with Gasteiger partial charge in [0.1, 0.15) is 0 Å². The SMILES string of the molecule is O=S(=O)([O-])[O-].[Cl-].[V+3]. The van der Waals surface area contributed by atoms with Gasteiger partial charge in [0, 0.05) is 10.4 Å². The van der Waals surface area contributed by atoms with Gasteiger partial charge in [0.05, 0.1) is 0 Å². The largest absolute Gasteiger partial charge is 3.00 e. The summed E-state index contributed by atoms with van der Waals surface area (Å²) in [5.74, 6) is 0. The first-order valence-electron chi connectivity index (χ1n) is 0.667. The molecule has 0 radical (unpaired) electrons. The molecular formula is ClO4SV. The summed E-state index contributed by atoms with van der Waals surface area (Å²) < 4.78 is 34.1. The van der Waals surface area contributed by atoms with E-state index in [-0.39, 0.29) is 31.0 Å². The van der Waals surface area contributed by atoms with Crippen LogP contribution < -0.4 is 12.4 Å². The molecule has 0 atom stereocenters. The van der Waals surface area contributed by atoms with Crippen LogP contribution in [0.4, 0.5) is 0 Å². The minimum absolute atomic E-state index is 0. The fraction of sp³-hybridized carbons (Fsp3) is 0. The first kappa shape index (κ1) is 15.6. The van der Waals surface area contributed by atoms with Crippen LogP contribution in [-0.4, -0.2) is 17.5 Å². The van der Waals surface area contributed by atoms with Crippen molar-refractivity contribution in [2.75, 3.05) is 0 Å². The summed E-state index contributed by atoms with van der Waals surface area (Å²) in [5.41, 5.74) is 0. The average molecular weight is 182 g/mol. The third-order valence-corrected chi connectivity index (χ3v) is 0. The van der Waals surface area contributed by atoms with Gasteiger partial charge in [0.25, 0.3) is 0 Å². The summed E-state index contributed by atoms with van der Waals surface area (Å²) in [4.78, 5) is 0. The zero-order valence-corrected chi connectivity index (χ0v) is 5.84. The summed E-state index contributed by atoms with van der Waals surface area (Å²) in [5, 5.41) is 0. The van der Waals surface area contributed by atoms with E-state index < -0.39 is 10.4 Å². The van der Waals surface area contributed by atoms with E-state index in [0.29, 0.717) is 0 Å². The molecule has 0 aliphatic heterocycles. The number of hydrogen-bond acceptors (Lipinski definition) is 4. The quantitative estimate of drug-likeness (QED) is 0.280. The first-order chi connectivity index (χ1) is 2.00. The van der Waals surface area contributed by atoms with Crippen molar-refractivity contribution in [3.05, 3.63) is 0 Å². The molecule has 0 unspecified atom stereocenters. The van der Waals surface area contributed by atoms with Crippen molar-refractivity contribution < 1.29 is 48.5 Å². The van der Waals surface area contributed by atoms with Crippen LogP contribution in [0.15, 0.2) is 0 Å². The Kier molecular flexibility index (Phi) is 10.9. The smallest absolute Gasteiger partial charge is 1.00 e. The molecule has 0 aromatic heterocycles. The standard InChI is InChI=1S/ClH.H2O4S.V/c;1-5(2,3)4;/h1H;(H2,1,2,3,4);/q;;+3/p-3. The van der Waals surface area contributed by atoms with Crippen LogP contribution >= 0.6 is 0 Å². The maximum absolute atomic E-state index is 8.52. The van der Waals surface area contributed by atoms with Gasteiger partial charge in [-0.15, -0.1) is 0 Å². The van der Waals surface area contributed by atoms with Gasteiger partial charge >= 0.3 is 18.6 Å². The van der Waals surface area contributed by atoms with Crippen LogP contribution in [0.1, 0.15) is 0 Å². The maximum atomic E-state index is 8.52.